The summed E-state index contributed by atoms with van der Waals surface area (Å²) in [6, 6.07) is 10.6. The lowest BCUT2D eigenvalue weighted by Crippen LogP contribution is -2.47. The van der Waals surface area contributed by atoms with Gasteiger partial charge in [-0.15, -0.1) is 16.8 Å². The Balaban J connectivity index is 1.26. The Morgan fingerprint density at radius 2 is 1.76 bits per heavy atom. The van der Waals surface area contributed by atoms with E-state index in [1.54, 1.807) is 11.0 Å². The summed E-state index contributed by atoms with van der Waals surface area (Å²) < 4.78 is 3.99. The van der Waals surface area contributed by atoms with E-state index in [4.69, 9.17) is 0 Å². The third-order valence-corrected chi connectivity index (χ3v) is 6.20. The van der Waals surface area contributed by atoms with Gasteiger partial charge in [0.25, 0.3) is 0 Å². The Bertz CT molecular complexity index is 1220. The molecular formula is C24H29N9. The van der Waals surface area contributed by atoms with Gasteiger partial charge in [-0.25, -0.2) is 9.97 Å². The van der Waals surface area contributed by atoms with E-state index in [-0.39, 0.29) is 0 Å². The van der Waals surface area contributed by atoms with Gasteiger partial charge < -0.3 is 9.80 Å². The second kappa shape index (κ2) is 9.40. The summed E-state index contributed by atoms with van der Waals surface area (Å²) in [4.78, 5) is 13.5. The minimum atomic E-state index is 0.714. The lowest BCUT2D eigenvalue weighted by atomic mass is 10.1. The zero-order chi connectivity index (χ0) is 22.6. The molecule has 1 saturated heterocycles. The summed E-state index contributed by atoms with van der Waals surface area (Å²) in [5.74, 6) is 2.90. The standard InChI is InChI=1S/C24H29N9/c1-3-12-33-21(11-7-10-19-8-5-4-6-9-19)28-29-24(33)32-15-13-31(14-16-32)23-20-17-27-30(2)22(20)25-18-26-23/h3-6,8-9,17-18H,1,7,10-16H2,2H3. The first-order valence-electron chi connectivity index (χ1n) is 11.4. The number of hydrogen-bond donors (Lipinski definition) is 0. The molecule has 0 spiro atoms. The average molecular weight is 444 g/mol. The van der Waals surface area contributed by atoms with Crippen molar-refractivity contribution in [2.75, 3.05) is 36.0 Å². The molecule has 0 unspecified atom stereocenters. The van der Waals surface area contributed by atoms with Gasteiger partial charge in [-0.1, -0.05) is 36.4 Å². The van der Waals surface area contributed by atoms with Gasteiger partial charge in [0.1, 0.15) is 18.0 Å². The highest BCUT2D eigenvalue weighted by Crippen LogP contribution is 2.25. The monoisotopic (exact) mass is 443 g/mol. The van der Waals surface area contributed by atoms with Gasteiger partial charge in [-0.05, 0) is 18.4 Å². The number of piperazine rings is 1. The predicted octanol–water partition coefficient (Wildman–Crippen LogP) is 2.64. The number of hydrogen-bond acceptors (Lipinski definition) is 7. The Labute approximate surface area is 193 Å². The summed E-state index contributed by atoms with van der Waals surface area (Å²) in [6.07, 6.45) is 8.37. The van der Waals surface area contributed by atoms with E-state index in [9.17, 15) is 0 Å². The SMILES string of the molecule is C=CCn1c(CCCc2ccccc2)nnc1N1CCN(c2ncnc3c2cnn3C)CC1. The highest BCUT2D eigenvalue weighted by atomic mass is 15.4. The van der Waals surface area contributed by atoms with Crippen LogP contribution in [0, 0.1) is 0 Å². The van der Waals surface area contributed by atoms with Crippen LogP contribution in [0.25, 0.3) is 11.0 Å². The normalized spacial score (nSPS) is 14.2. The summed E-state index contributed by atoms with van der Waals surface area (Å²) in [6.45, 7) is 8.07. The maximum Gasteiger partial charge on any atom is 0.227 e. The minimum absolute atomic E-state index is 0.714. The third-order valence-electron chi connectivity index (χ3n) is 6.20. The maximum atomic E-state index is 4.57. The van der Waals surface area contributed by atoms with E-state index in [0.717, 1.165) is 74.1 Å². The van der Waals surface area contributed by atoms with Gasteiger partial charge in [-0.3, -0.25) is 9.25 Å². The molecule has 1 aliphatic rings. The molecule has 0 atom stereocenters. The molecule has 0 saturated carbocycles. The Hall–Kier alpha value is -3.75. The second-order valence-electron chi connectivity index (χ2n) is 8.33. The van der Waals surface area contributed by atoms with Gasteiger partial charge in [-0.2, -0.15) is 5.10 Å². The molecule has 170 valence electrons. The lowest BCUT2D eigenvalue weighted by molar-refractivity contribution is 0.613. The zero-order valence-electron chi connectivity index (χ0n) is 19.0. The molecule has 4 aromatic rings. The van der Waals surface area contributed by atoms with Crippen molar-refractivity contribution in [3.05, 3.63) is 66.9 Å². The summed E-state index contributed by atoms with van der Waals surface area (Å²) in [5, 5.41) is 14.4. The van der Waals surface area contributed by atoms with E-state index < -0.39 is 0 Å². The Morgan fingerprint density at radius 1 is 0.970 bits per heavy atom. The van der Waals surface area contributed by atoms with Gasteiger partial charge in [0.05, 0.1) is 11.6 Å². The van der Waals surface area contributed by atoms with Crippen molar-refractivity contribution in [1.82, 2.24) is 34.5 Å². The van der Waals surface area contributed by atoms with Crippen LogP contribution in [0.3, 0.4) is 0 Å². The fourth-order valence-corrected chi connectivity index (χ4v) is 4.48. The Kier molecular flexibility index (Phi) is 6.01. The third kappa shape index (κ3) is 4.30. The molecule has 1 aliphatic heterocycles. The van der Waals surface area contributed by atoms with E-state index in [0.29, 0.717) is 6.54 Å². The second-order valence-corrected chi connectivity index (χ2v) is 8.33. The molecule has 1 aromatic carbocycles. The van der Waals surface area contributed by atoms with Crippen LogP contribution >= 0.6 is 0 Å². The highest BCUT2D eigenvalue weighted by Gasteiger charge is 2.25. The molecule has 0 N–H and O–H groups in total. The minimum Gasteiger partial charge on any atom is -0.352 e. The van der Waals surface area contributed by atoms with Crippen molar-refractivity contribution in [2.24, 2.45) is 7.05 Å². The molecule has 1 fully saturated rings. The molecule has 5 rings (SSSR count). The van der Waals surface area contributed by atoms with Crippen LogP contribution in [-0.2, 0) is 26.4 Å². The number of rotatable bonds is 8. The van der Waals surface area contributed by atoms with Crippen molar-refractivity contribution in [1.29, 1.82) is 0 Å². The first-order chi connectivity index (χ1) is 16.2. The summed E-state index contributed by atoms with van der Waals surface area (Å²) in [7, 11) is 1.90. The quantitative estimate of drug-likeness (QED) is 0.387. The van der Waals surface area contributed by atoms with Gasteiger partial charge >= 0.3 is 0 Å². The van der Waals surface area contributed by atoms with Crippen LogP contribution in [-0.4, -0.2) is 60.7 Å². The summed E-state index contributed by atoms with van der Waals surface area (Å²) >= 11 is 0. The number of anilines is 2. The predicted molar refractivity (Wildman–Crippen MR) is 129 cm³/mol. The molecular weight excluding hydrogens is 414 g/mol. The molecule has 33 heavy (non-hydrogen) atoms. The largest absolute Gasteiger partial charge is 0.352 e. The number of allylic oxidation sites excluding steroid dienone is 1. The van der Waals surface area contributed by atoms with Crippen LogP contribution < -0.4 is 9.80 Å². The van der Waals surface area contributed by atoms with Crippen LogP contribution in [0.15, 0.2) is 55.5 Å². The molecule has 0 radical (unpaired) electrons. The number of benzene rings is 1. The van der Waals surface area contributed by atoms with Crippen LogP contribution in [0.5, 0.6) is 0 Å². The molecule has 0 bridgehead atoms. The molecule has 0 amide bonds. The first-order valence-corrected chi connectivity index (χ1v) is 11.4. The molecule has 9 nitrogen and oxygen atoms in total. The van der Waals surface area contributed by atoms with Crippen molar-refractivity contribution in [3.8, 4) is 0 Å². The maximum absolute atomic E-state index is 4.57. The lowest BCUT2D eigenvalue weighted by Gasteiger charge is -2.36. The Morgan fingerprint density at radius 3 is 2.55 bits per heavy atom. The zero-order valence-corrected chi connectivity index (χ0v) is 19.0. The van der Waals surface area contributed by atoms with E-state index >= 15 is 0 Å². The molecule has 4 heterocycles. The number of fused-ring (bicyclic) bond motifs is 1. The van der Waals surface area contributed by atoms with E-state index in [1.165, 1.54) is 5.56 Å². The van der Waals surface area contributed by atoms with Crippen molar-refractivity contribution < 1.29 is 0 Å². The van der Waals surface area contributed by atoms with Crippen molar-refractivity contribution >= 4 is 22.8 Å². The van der Waals surface area contributed by atoms with Crippen molar-refractivity contribution in [2.45, 2.75) is 25.8 Å². The number of aromatic nitrogens is 7. The highest BCUT2D eigenvalue weighted by molar-refractivity contribution is 5.86. The molecule has 9 heteroatoms. The van der Waals surface area contributed by atoms with E-state index in [1.807, 2.05) is 19.3 Å². The topological polar surface area (TPSA) is 80.8 Å². The van der Waals surface area contributed by atoms with Gasteiger partial charge in [0.2, 0.25) is 5.95 Å². The fourth-order valence-electron chi connectivity index (χ4n) is 4.48. The van der Waals surface area contributed by atoms with Gasteiger partial charge in [0, 0.05) is 46.2 Å². The average Bonchev–Trinajstić information content (AvgIpc) is 3.44. The molecule has 0 aliphatic carbocycles. The number of aryl methyl sites for hydroxylation is 3. The van der Waals surface area contributed by atoms with E-state index in [2.05, 4.69) is 76.5 Å². The summed E-state index contributed by atoms with van der Waals surface area (Å²) in [5.41, 5.74) is 2.21. The van der Waals surface area contributed by atoms with Crippen LogP contribution in [0.4, 0.5) is 11.8 Å². The number of nitrogens with zero attached hydrogens (tertiary/aromatic N) is 9. The van der Waals surface area contributed by atoms with Crippen molar-refractivity contribution in [3.63, 3.8) is 0 Å². The van der Waals surface area contributed by atoms with Crippen LogP contribution in [0.1, 0.15) is 17.8 Å². The van der Waals surface area contributed by atoms with Crippen LogP contribution in [0.2, 0.25) is 0 Å². The fraction of sp³-hybridized carbons (Fsp3) is 0.375. The molecule has 3 aromatic heterocycles. The smallest absolute Gasteiger partial charge is 0.227 e. The first kappa shape index (κ1) is 21.1. The van der Waals surface area contributed by atoms with Gasteiger partial charge in [0.15, 0.2) is 5.65 Å².